The van der Waals surface area contributed by atoms with Crippen LogP contribution in [0.5, 0.6) is 0 Å². The van der Waals surface area contributed by atoms with Crippen LogP contribution in [0.3, 0.4) is 0 Å². The number of nitrogen functional groups attached to an aromatic ring is 1. The number of imidazole rings is 1. The molecule has 4 atom stereocenters. The summed E-state index contributed by atoms with van der Waals surface area (Å²) >= 11 is 0. The van der Waals surface area contributed by atoms with E-state index in [9.17, 15) is 15.0 Å². The van der Waals surface area contributed by atoms with Gasteiger partial charge in [0.15, 0.2) is 11.9 Å². The van der Waals surface area contributed by atoms with Crippen molar-refractivity contribution in [2.24, 2.45) is 5.73 Å². The van der Waals surface area contributed by atoms with Crippen LogP contribution < -0.4 is 11.5 Å². The van der Waals surface area contributed by atoms with Gasteiger partial charge in [0, 0.05) is 0 Å². The first kappa shape index (κ1) is 13.7. The highest BCUT2D eigenvalue weighted by Gasteiger charge is 2.44. The van der Waals surface area contributed by atoms with Crippen molar-refractivity contribution in [1.29, 1.82) is 0 Å². The minimum atomic E-state index is -1.30. The van der Waals surface area contributed by atoms with Crippen LogP contribution >= 0.6 is 0 Å². The molecular formula is C10H16N4O5. The van der Waals surface area contributed by atoms with E-state index in [0.29, 0.717) is 5.82 Å². The molecule has 0 saturated carbocycles. The molecule has 9 heteroatoms. The second-order valence-corrected chi connectivity index (χ2v) is 4.36. The molecule has 0 aliphatic carbocycles. The summed E-state index contributed by atoms with van der Waals surface area (Å²) in [6.07, 6.45) is -4.52. The SMILES string of the molecule is Cc1nc(C(N)=O)c(N)n1[C@@H]1O[C@H](CO)[C@@H](O)[C@H]1O. The van der Waals surface area contributed by atoms with Gasteiger partial charge >= 0.3 is 0 Å². The zero-order chi connectivity index (χ0) is 14.3. The zero-order valence-electron chi connectivity index (χ0n) is 10.2. The Kier molecular flexibility index (Phi) is 3.45. The number of amides is 1. The number of nitrogens with zero attached hydrogens (tertiary/aromatic N) is 2. The number of aliphatic hydroxyl groups is 3. The number of aromatic nitrogens is 2. The number of anilines is 1. The Morgan fingerprint density at radius 3 is 2.53 bits per heavy atom. The summed E-state index contributed by atoms with van der Waals surface area (Å²) in [6.45, 7) is 1.10. The van der Waals surface area contributed by atoms with Gasteiger partial charge in [0.25, 0.3) is 5.91 Å². The number of ether oxygens (including phenoxy) is 1. The molecule has 0 spiro atoms. The van der Waals surface area contributed by atoms with Crippen molar-refractivity contribution in [2.75, 3.05) is 12.3 Å². The molecule has 1 aliphatic rings. The maximum atomic E-state index is 11.1. The number of aliphatic hydroxyl groups excluding tert-OH is 3. The smallest absolute Gasteiger partial charge is 0.271 e. The van der Waals surface area contributed by atoms with Gasteiger partial charge in [0.2, 0.25) is 0 Å². The predicted octanol–water partition coefficient (Wildman–Crippen LogP) is -2.52. The molecule has 2 rings (SSSR count). The van der Waals surface area contributed by atoms with Crippen molar-refractivity contribution in [2.45, 2.75) is 31.5 Å². The zero-order valence-corrected chi connectivity index (χ0v) is 10.2. The molecular weight excluding hydrogens is 256 g/mol. The number of carbonyl (C=O) groups is 1. The lowest BCUT2D eigenvalue weighted by Gasteiger charge is -2.19. The highest BCUT2D eigenvalue weighted by atomic mass is 16.6. The van der Waals surface area contributed by atoms with Gasteiger partial charge in [-0.15, -0.1) is 0 Å². The number of carbonyl (C=O) groups excluding carboxylic acids is 1. The Morgan fingerprint density at radius 1 is 1.47 bits per heavy atom. The van der Waals surface area contributed by atoms with Crippen molar-refractivity contribution in [3.8, 4) is 0 Å². The Labute approximate surface area is 108 Å². The van der Waals surface area contributed by atoms with E-state index >= 15 is 0 Å². The lowest BCUT2D eigenvalue weighted by atomic mass is 10.1. The maximum absolute atomic E-state index is 11.1. The summed E-state index contributed by atoms with van der Waals surface area (Å²) in [5, 5.41) is 28.6. The van der Waals surface area contributed by atoms with Gasteiger partial charge in [-0.3, -0.25) is 9.36 Å². The van der Waals surface area contributed by atoms with Gasteiger partial charge in [-0.1, -0.05) is 0 Å². The molecule has 19 heavy (non-hydrogen) atoms. The van der Waals surface area contributed by atoms with Crippen molar-refractivity contribution in [3.63, 3.8) is 0 Å². The summed E-state index contributed by atoms with van der Waals surface area (Å²) < 4.78 is 6.58. The molecule has 0 unspecified atom stereocenters. The third-order valence-corrected chi connectivity index (χ3v) is 3.13. The van der Waals surface area contributed by atoms with E-state index in [4.69, 9.17) is 21.3 Å². The van der Waals surface area contributed by atoms with E-state index < -0.39 is 37.1 Å². The van der Waals surface area contributed by atoms with Crippen molar-refractivity contribution < 1.29 is 24.9 Å². The van der Waals surface area contributed by atoms with Gasteiger partial charge in [0.1, 0.15) is 30.0 Å². The highest BCUT2D eigenvalue weighted by molar-refractivity contribution is 5.95. The normalized spacial score (nSPS) is 30.7. The van der Waals surface area contributed by atoms with Crippen LogP contribution in [0.25, 0.3) is 0 Å². The van der Waals surface area contributed by atoms with Crippen LogP contribution in [0.4, 0.5) is 5.82 Å². The largest absolute Gasteiger partial charge is 0.394 e. The Morgan fingerprint density at radius 2 is 2.11 bits per heavy atom. The second kappa shape index (κ2) is 4.78. The molecule has 1 fully saturated rings. The second-order valence-electron chi connectivity index (χ2n) is 4.36. The van der Waals surface area contributed by atoms with Gasteiger partial charge in [0.05, 0.1) is 6.61 Å². The quantitative estimate of drug-likeness (QED) is 0.406. The van der Waals surface area contributed by atoms with E-state index in [1.165, 1.54) is 4.57 Å². The molecule has 0 aromatic carbocycles. The van der Waals surface area contributed by atoms with Gasteiger partial charge in [-0.25, -0.2) is 4.98 Å². The van der Waals surface area contributed by atoms with Crippen LogP contribution in [-0.2, 0) is 4.74 Å². The summed E-state index contributed by atoms with van der Waals surface area (Å²) in [7, 11) is 0. The maximum Gasteiger partial charge on any atom is 0.271 e. The summed E-state index contributed by atoms with van der Waals surface area (Å²) in [5.41, 5.74) is 10.7. The number of hydrogen-bond acceptors (Lipinski definition) is 7. The first-order valence-electron chi connectivity index (χ1n) is 5.65. The molecule has 1 aliphatic heterocycles. The first-order chi connectivity index (χ1) is 8.88. The number of primary amides is 1. The summed E-state index contributed by atoms with van der Waals surface area (Å²) in [5.74, 6) is -0.549. The lowest BCUT2D eigenvalue weighted by Crippen LogP contribution is -2.33. The molecule has 106 valence electrons. The fourth-order valence-corrected chi connectivity index (χ4v) is 2.16. The molecule has 1 aromatic rings. The van der Waals surface area contributed by atoms with Crippen LogP contribution in [0, 0.1) is 6.92 Å². The van der Waals surface area contributed by atoms with E-state index in [2.05, 4.69) is 4.98 Å². The first-order valence-corrected chi connectivity index (χ1v) is 5.65. The summed E-state index contributed by atoms with van der Waals surface area (Å²) in [6, 6.07) is 0. The van der Waals surface area contributed by atoms with Crippen LogP contribution in [0.2, 0.25) is 0 Å². The third-order valence-electron chi connectivity index (χ3n) is 3.13. The third kappa shape index (κ3) is 2.06. The molecule has 1 saturated heterocycles. The molecule has 7 N–H and O–H groups in total. The molecule has 0 radical (unpaired) electrons. The van der Waals surface area contributed by atoms with E-state index in [1.54, 1.807) is 6.92 Å². The van der Waals surface area contributed by atoms with Crippen molar-refractivity contribution in [1.82, 2.24) is 9.55 Å². The fraction of sp³-hybridized carbons (Fsp3) is 0.600. The average molecular weight is 272 g/mol. The van der Waals surface area contributed by atoms with Crippen LogP contribution in [0.15, 0.2) is 0 Å². The molecule has 9 nitrogen and oxygen atoms in total. The number of rotatable bonds is 3. The van der Waals surface area contributed by atoms with Gasteiger partial charge in [-0.05, 0) is 6.92 Å². The number of aryl methyl sites for hydroxylation is 1. The Balaban J connectivity index is 2.40. The predicted molar refractivity (Wildman–Crippen MR) is 62.9 cm³/mol. The van der Waals surface area contributed by atoms with Gasteiger partial charge < -0.3 is 31.5 Å². The fourth-order valence-electron chi connectivity index (χ4n) is 2.16. The Bertz CT molecular complexity index is 502. The van der Waals surface area contributed by atoms with Gasteiger partial charge in [-0.2, -0.15) is 0 Å². The molecule has 0 bridgehead atoms. The van der Waals surface area contributed by atoms with Crippen LogP contribution in [-0.4, -0.2) is 55.7 Å². The summed E-state index contributed by atoms with van der Waals surface area (Å²) in [4.78, 5) is 15.0. The van der Waals surface area contributed by atoms with Crippen molar-refractivity contribution >= 4 is 11.7 Å². The minimum Gasteiger partial charge on any atom is -0.394 e. The highest BCUT2D eigenvalue weighted by Crippen LogP contribution is 2.33. The van der Waals surface area contributed by atoms with Crippen LogP contribution in [0.1, 0.15) is 22.5 Å². The number of nitrogens with two attached hydrogens (primary N) is 2. The Hall–Kier alpha value is -1.68. The average Bonchev–Trinajstić information content (AvgIpc) is 2.79. The topological polar surface area (TPSA) is 157 Å². The van der Waals surface area contributed by atoms with Crippen molar-refractivity contribution in [3.05, 3.63) is 11.5 Å². The number of hydrogen-bond donors (Lipinski definition) is 5. The minimum absolute atomic E-state index is 0.0557. The molecule has 1 amide bonds. The molecule has 1 aromatic heterocycles. The monoisotopic (exact) mass is 272 g/mol. The molecule has 2 heterocycles. The van der Waals surface area contributed by atoms with E-state index in [1.807, 2.05) is 0 Å². The van der Waals surface area contributed by atoms with E-state index in [-0.39, 0.29) is 11.5 Å². The standard InChI is InChI=1S/C10H16N4O5/c1-3-13-5(9(12)18)8(11)14(3)10-7(17)6(16)4(2-15)19-10/h4,6-7,10,15-17H,2,11H2,1H3,(H2,12,18)/t4-,6-,7-,10-/m1/s1. The lowest BCUT2D eigenvalue weighted by molar-refractivity contribution is -0.0526. The van der Waals surface area contributed by atoms with E-state index in [0.717, 1.165) is 0 Å².